The lowest BCUT2D eigenvalue weighted by molar-refractivity contribution is -0.128. The fourth-order valence-corrected chi connectivity index (χ4v) is 2.72. The first-order valence-electron chi connectivity index (χ1n) is 7.69. The zero-order valence-corrected chi connectivity index (χ0v) is 13.5. The number of benzene rings is 1. The van der Waals surface area contributed by atoms with Crippen LogP contribution >= 0.6 is 0 Å². The van der Waals surface area contributed by atoms with Crippen LogP contribution in [0.2, 0.25) is 0 Å². The minimum absolute atomic E-state index is 0.0622. The van der Waals surface area contributed by atoms with E-state index in [1.807, 2.05) is 13.8 Å². The SMILES string of the molecule is CC[C@@H](NCC(C)(C)C(=O)NC)c1ccc2c(c1)CCO2. The van der Waals surface area contributed by atoms with Gasteiger partial charge in [0.2, 0.25) is 5.91 Å². The Bertz CT molecular complexity index is 512. The predicted octanol–water partition coefficient (Wildman–Crippen LogP) is 2.43. The molecule has 1 aliphatic heterocycles. The van der Waals surface area contributed by atoms with E-state index in [2.05, 4.69) is 35.8 Å². The van der Waals surface area contributed by atoms with Crippen LogP contribution in [0.4, 0.5) is 0 Å². The molecule has 0 saturated heterocycles. The summed E-state index contributed by atoms with van der Waals surface area (Å²) >= 11 is 0. The molecule has 4 heteroatoms. The van der Waals surface area contributed by atoms with Crippen LogP contribution in [0.1, 0.15) is 44.4 Å². The maximum atomic E-state index is 11.9. The molecular formula is C17H26N2O2. The Kier molecular flexibility index (Phi) is 4.88. The number of ether oxygens (including phenoxy) is 1. The van der Waals surface area contributed by atoms with Gasteiger partial charge in [0.1, 0.15) is 5.75 Å². The Morgan fingerprint density at radius 3 is 2.86 bits per heavy atom. The first kappa shape index (κ1) is 15.8. The van der Waals surface area contributed by atoms with Crippen molar-refractivity contribution in [3.05, 3.63) is 29.3 Å². The Labute approximate surface area is 127 Å². The fourth-order valence-electron chi connectivity index (χ4n) is 2.72. The molecule has 1 aliphatic rings. The molecule has 0 spiro atoms. The lowest BCUT2D eigenvalue weighted by Gasteiger charge is -2.27. The van der Waals surface area contributed by atoms with E-state index in [1.54, 1.807) is 7.05 Å². The molecule has 116 valence electrons. The van der Waals surface area contributed by atoms with Crippen LogP contribution in [0.5, 0.6) is 5.75 Å². The topological polar surface area (TPSA) is 50.4 Å². The van der Waals surface area contributed by atoms with Crippen LogP contribution in [0.15, 0.2) is 18.2 Å². The molecule has 0 fully saturated rings. The first-order valence-corrected chi connectivity index (χ1v) is 7.69. The number of carbonyl (C=O) groups excluding carboxylic acids is 1. The second kappa shape index (κ2) is 6.48. The highest BCUT2D eigenvalue weighted by atomic mass is 16.5. The van der Waals surface area contributed by atoms with Gasteiger partial charge in [-0.25, -0.2) is 0 Å². The minimum atomic E-state index is -0.415. The van der Waals surface area contributed by atoms with E-state index in [4.69, 9.17) is 4.74 Å². The third-order valence-corrected chi connectivity index (χ3v) is 4.16. The highest BCUT2D eigenvalue weighted by Gasteiger charge is 2.27. The summed E-state index contributed by atoms with van der Waals surface area (Å²) in [6, 6.07) is 6.68. The monoisotopic (exact) mass is 290 g/mol. The number of amides is 1. The molecule has 1 atom stereocenters. The second-order valence-electron chi connectivity index (χ2n) is 6.27. The van der Waals surface area contributed by atoms with E-state index in [-0.39, 0.29) is 11.9 Å². The summed E-state index contributed by atoms with van der Waals surface area (Å²) in [6.07, 6.45) is 1.98. The van der Waals surface area contributed by atoms with Crippen molar-refractivity contribution < 1.29 is 9.53 Å². The van der Waals surface area contributed by atoms with Crippen molar-refractivity contribution in [2.45, 2.75) is 39.7 Å². The molecule has 0 aromatic heterocycles. The summed E-state index contributed by atoms with van der Waals surface area (Å²) in [5.74, 6) is 1.08. The molecule has 21 heavy (non-hydrogen) atoms. The van der Waals surface area contributed by atoms with Crippen LogP contribution < -0.4 is 15.4 Å². The summed E-state index contributed by atoms with van der Waals surface area (Å²) in [6.45, 7) is 7.52. The Morgan fingerprint density at radius 1 is 1.43 bits per heavy atom. The van der Waals surface area contributed by atoms with Crippen molar-refractivity contribution in [1.29, 1.82) is 0 Å². The molecule has 0 saturated carbocycles. The Balaban J connectivity index is 2.05. The minimum Gasteiger partial charge on any atom is -0.493 e. The third-order valence-electron chi connectivity index (χ3n) is 4.16. The van der Waals surface area contributed by atoms with Gasteiger partial charge in [-0.1, -0.05) is 19.1 Å². The molecule has 4 nitrogen and oxygen atoms in total. The van der Waals surface area contributed by atoms with E-state index in [0.29, 0.717) is 6.54 Å². The quantitative estimate of drug-likeness (QED) is 0.846. The van der Waals surface area contributed by atoms with Gasteiger partial charge in [0.05, 0.1) is 12.0 Å². The molecule has 1 aromatic carbocycles. The summed E-state index contributed by atoms with van der Waals surface area (Å²) in [5, 5.41) is 6.26. The van der Waals surface area contributed by atoms with Crippen molar-refractivity contribution in [2.75, 3.05) is 20.2 Å². The maximum absolute atomic E-state index is 11.9. The molecule has 1 aromatic rings. The van der Waals surface area contributed by atoms with Gasteiger partial charge in [-0.05, 0) is 37.5 Å². The van der Waals surface area contributed by atoms with Gasteiger partial charge in [0.25, 0.3) is 0 Å². The molecule has 1 heterocycles. The molecule has 0 radical (unpaired) electrons. The van der Waals surface area contributed by atoms with Gasteiger partial charge in [0.15, 0.2) is 0 Å². The lowest BCUT2D eigenvalue weighted by atomic mass is 9.91. The summed E-state index contributed by atoms with van der Waals surface area (Å²) in [4.78, 5) is 11.9. The van der Waals surface area contributed by atoms with Crippen LogP contribution in [0, 0.1) is 5.41 Å². The van der Waals surface area contributed by atoms with Gasteiger partial charge in [-0.2, -0.15) is 0 Å². The Morgan fingerprint density at radius 2 is 2.19 bits per heavy atom. The number of nitrogens with one attached hydrogen (secondary N) is 2. The second-order valence-corrected chi connectivity index (χ2v) is 6.27. The molecule has 2 N–H and O–H groups in total. The molecular weight excluding hydrogens is 264 g/mol. The molecule has 0 unspecified atom stereocenters. The van der Waals surface area contributed by atoms with Crippen molar-refractivity contribution in [2.24, 2.45) is 5.41 Å². The summed E-state index contributed by atoms with van der Waals surface area (Å²) < 4.78 is 5.55. The van der Waals surface area contributed by atoms with Crippen LogP contribution in [-0.4, -0.2) is 26.1 Å². The van der Waals surface area contributed by atoms with Gasteiger partial charge in [-0.15, -0.1) is 0 Å². The highest BCUT2D eigenvalue weighted by molar-refractivity contribution is 5.81. The molecule has 0 bridgehead atoms. The normalized spacial score (nSPS) is 15.2. The largest absolute Gasteiger partial charge is 0.493 e. The van der Waals surface area contributed by atoms with Crippen molar-refractivity contribution in [1.82, 2.24) is 10.6 Å². The van der Waals surface area contributed by atoms with E-state index < -0.39 is 5.41 Å². The molecule has 1 amide bonds. The third kappa shape index (κ3) is 3.56. The van der Waals surface area contributed by atoms with Gasteiger partial charge in [0, 0.05) is 26.1 Å². The van der Waals surface area contributed by atoms with Crippen molar-refractivity contribution >= 4 is 5.91 Å². The number of rotatable bonds is 6. The zero-order valence-electron chi connectivity index (χ0n) is 13.5. The van der Waals surface area contributed by atoms with E-state index >= 15 is 0 Å². The zero-order chi connectivity index (χ0) is 15.5. The summed E-state index contributed by atoms with van der Waals surface area (Å²) in [5.41, 5.74) is 2.15. The van der Waals surface area contributed by atoms with Gasteiger partial charge < -0.3 is 15.4 Å². The van der Waals surface area contributed by atoms with Gasteiger partial charge in [-0.3, -0.25) is 4.79 Å². The van der Waals surface area contributed by atoms with Gasteiger partial charge >= 0.3 is 0 Å². The first-order chi connectivity index (χ1) is 9.97. The summed E-state index contributed by atoms with van der Waals surface area (Å²) in [7, 11) is 1.68. The average molecular weight is 290 g/mol. The van der Waals surface area contributed by atoms with E-state index in [0.717, 1.165) is 25.2 Å². The Hall–Kier alpha value is -1.55. The van der Waals surface area contributed by atoms with Crippen LogP contribution in [0.3, 0.4) is 0 Å². The number of carbonyl (C=O) groups is 1. The lowest BCUT2D eigenvalue weighted by Crippen LogP contribution is -2.42. The van der Waals surface area contributed by atoms with E-state index in [9.17, 15) is 4.79 Å². The number of fused-ring (bicyclic) bond motifs is 1. The van der Waals surface area contributed by atoms with Crippen molar-refractivity contribution in [3.8, 4) is 5.75 Å². The highest BCUT2D eigenvalue weighted by Crippen LogP contribution is 2.29. The fraction of sp³-hybridized carbons (Fsp3) is 0.588. The average Bonchev–Trinajstić information content (AvgIpc) is 2.94. The molecule has 0 aliphatic carbocycles. The van der Waals surface area contributed by atoms with Crippen LogP contribution in [-0.2, 0) is 11.2 Å². The number of hydrogen-bond acceptors (Lipinski definition) is 3. The van der Waals surface area contributed by atoms with Crippen LogP contribution in [0.25, 0.3) is 0 Å². The smallest absolute Gasteiger partial charge is 0.226 e. The van der Waals surface area contributed by atoms with E-state index in [1.165, 1.54) is 11.1 Å². The number of hydrogen-bond donors (Lipinski definition) is 2. The maximum Gasteiger partial charge on any atom is 0.226 e. The van der Waals surface area contributed by atoms with Crippen molar-refractivity contribution in [3.63, 3.8) is 0 Å². The standard InChI is InChI=1S/C17H26N2O2/c1-5-14(19-11-17(2,3)16(20)18-4)12-6-7-15-13(10-12)8-9-21-15/h6-7,10,14,19H,5,8-9,11H2,1-4H3,(H,18,20)/t14-/m1/s1. The molecule has 2 rings (SSSR count). The predicted molar refractivity (Wildman–Crippen MR) is 84.5 cm³/mol.